The first-order chi connectivity index (χ1) is 9.86. The highest BCUT2D eigenvalue weighted by Crippen LogP contribution is 2.65. The van der Waals surface area contributed by atoms with Gasteiger partial charge in [-0.2, -0.15) is 0 Å². The van der Waals surface area contributed by atoms with Crippen LogP contribution in [0.2, 0.25) is 0 Å². The van der Waals surface area contributed by atoms with Crippen LogP contribution in [0.25, 0.3) is 0 Å². The molecule has 4 fully saturated rings. The van der Waals surface area contributed by atoms with Gasteiger partial charge in [0, 0.05) is 6.42 Å². The van der Waals surface area contributed by atoms with Gasteiger partial charge in [0.15, 0.2) is 5.78 Å². The van der Waals surface area contributed by atoms with Crippen molar-refractivity contribution in [2.24, 2.45) is 34.5 Å². The van der Waals surface area contributed by atoms with Gasteiger partial charge >= 0.3 is 0 Å². The fourth-order valence-electron chi connectivity index (χ4n) is 5.82. The molecule has 0 aromatic rings. The van der Waals surface area contributed by atoms with E-state index in [1.54, 1.807) is 0 Å². The van der Waals surface area contributed by atoms with Crippen molar-refractivity contribution in [1.82, 2.24) is 0 Å². The van der Waals surface area contributed by atoms with E-state index in [-0.39, 0.29) is 28.3 Å². The summed E-state index contributed by atoms with van der Waals surface area (Å²) in [4.78, 5) is 25.4. The van der Waals surface area contributed by atoms with E-state index in [2.05, 4.69) is 20.4 Å². The van der Waals surface area contributed by atoms with Crippen LogP contribution >= 0.6 is 0 Å². The van der Waals surface area contributed by atoms with Gasteiger partial charge in [-0.1, -0.05) is 26.8 Å². The molecule has 0 radical (unpaired) electrons. The molecule has 0 N–H and O–H groups in total. The monoisotopic (exact) mass is 286 g/mol. The summed E-state index contributed by atoms with van der Waals surface area (Å²) in [6.45, 7) is 8.72. The average Bonchev–Trinajstić information content (AvgIpc) is 3.18. The molecule has 2 heteroatoms. The largest absolute Gasteiger partial charge is 0.299 e. The molecular weight excluding hydrogens is 260 g/mol. The molecule has 4 atom stereocenters. The molecule has 4 saturated carbocycles. The van der Waals surface area contributed by atoms with E-state index in [9.17, 15) is 9.59 Å². The molecule has 21 heavy (non-hydrogen) atoms. The Kier molecular flexibility index (Phi) is 2.67. The number of hydrogen-bond donors (Lipinski definition) is 0. The van der Waals surface area contributed by atoms with E-state index < -0.39 is 0 Å². The third-order valence-corrected chi connectivity index (χ3v) is 7.33. The lowest BCUT2D eigenvalue weighted by Crippen LogP contribution is -2.53. The predicted molar refractivity (Wildman–Crippen MR) is 81.6 cm³/mol. The van der Waals surface area contributed by atoms with Crippen molar-refractivity contribution in [2.75, 3.05) is 0 Å². The van der Waals surface area contributed by atoms with Crippen molar-refractivity contribution < 1.29 is 9.59 Å². The summed E-state index contributed by atoms with van der Waals surface area (Å²) in [6, 6.07) is 0. The molecule has 114 valence electrons. The molecule has 0 saturated heterocycles. The number of carbonyl (C=O) groups is 2. The van der Waals surface area contributed by atoms with Crippen molar-refractivity contribution in [3.05, 3.63) is 12.2 Å². The molecule has 0 aromatic heterocycles. The van der Waals surface area contributed by atoms with Crippen LogP contribution in [-0.4, -0.2) is 11.6 Å². The van der Waals surface area contributed by atoms with Crippen molar-refractivity contribution >= 4 is 11.6 Å². The Labute approximate surface area is 127 Å². The standard InChI is InChI=1S/C19H26O2/c1-11-17(21)16-13(10-19(11)7-8-19)12-5-4-6-18(2,3)14(12)9-15(16)20/h12-14,16H,1,4-10H2,2-3H3. The van der Waals surface area contributed by atoms with E-state index in [4.69, 9.17) is 0 Å². The Hall–Kier alpha value is -0.920. The minimum absolute atomic E-state index is 0.0992. The summed E-state index contributed by atoms with van der Waals surface area (Å²) < 4.78 is 0. The van der Waals surface area contributed by atoms with Gasteiger partial charge in [-0.05, 0) is 66.3 Å². The van der Waals surface area contributed by atoms with Crippen molar-refractivity contribution in [3.63, 3.8) is 0 Å². The van der Waals surface area contributed by atoms with Crippen LogP contribution in [0.4, 0.5) is 0 Å². The summed E-state index contributed by atoms with van der Waals surface area (Å²) in [5, 5.41) is 0. The number of rotatable bonds is 0. The Morgan fingerprint density at radius 1 is 1.10 bits per heavy atom. The molecule has 0 amide bonds. The topological polar surface area (TPSA) is 34.1 Å². The maximum absolute atomic E-state index is 12.7. The molecule has 2 nitrogen and oxygen atoms in total. The Morgan fingerprint density at radius 2 is 1.81 bits per heavy atom. The van der Waals surface area contributed by atoms with Gasteiger partial charge in [0.05, 0.1) is 5.92 Å². The average molecular weight is 286 g/mol. The fourth-order valence-corrected chi connectivity index (χ4v) is 5.82. The zero-order chi connectivity index (χ0) is 15.0. The van der Waals surface area contributed by atoms with E-state index in [1.165, 1.54) is 19.3 Å². The normalized spacial score (nSPS) is 43.4. The number of hydrogen-bond acceptors (Lipinski definition) is 2. The van der Waals surface area contributed by atoms with Crippen LogP contribution in [0.5, 0.6) is 0 Å². The van der Waals surface area contributed by atoms with Gasteiger partial charge in [0.1, 0.15) is 5.78 Å². The van der Waals surface area contributed by atoms with Crippen LogP contribution in [0.1, 0.15) is 58.8 Å². The number of Topliss-reactive ketones (excluding diaryl/α,β-unsaturated/α-hetero) is 2. The molecule has 0 aromatic carbocycles. The Morgan fingerprint density at radius 3 is 2.48 bits per heavy atom. The lowest BCUT2D eigenvalue weighted by molar-refractivity contribution is -0.147. The van der Waals surface area contributed by atoms with Gasteiger partial charge in [-0.15, -0.1) is 0 Å². The van der Waals surface area contributed by atoms with Crippen LogP contribution in [0.15, 0.2) is 12.2 Å². The lowest BCUT2D eigenvalue weighted by atomic mass is 9.49. The first kappa shape index (κ1) is 13.7. The van der Waals surface area contributed by atoms with Gasteiger partial charge < -0.3 is 0 Å². The second kappa shape index (κ2) is 4.08. The van der Waals surface area contributed by atoms with Gasteiger partial charge in [0.25, 0.3) is 0 Å². The zero-order valence-corrected chi connectivity index (χ0v) is 13.3. The smallest absolute Gasteiger partial charge is 0.169 e. The molecular formula is C19H26O2. The third kappa shape index (κ3) is 1.77. The van der Waals surface area contributed by atoms with Crippen LogP contribution in [0, 0.1) is 34.5 Å². The van der Waals surface area contributed by atoms with E-state index in [0.29, 0.717) is 24.2 Å². The summed E-state index contributed by atoms with van der Waals surface area (Å²) >= 11 is 0. The molecule has 4 unspecified atom stereocenters. The highest BCUT2D eigenvalue weighted by atomic mass is 16.2. The SMILES string of the molecule is C=C1C(=O)C2C(=O)CC3C(CCCC3(C)C)C2CC12CC2. The second-order valence-corrected chi connectivity index (χ2v) is 8.79. The Balaban J connectivity index is 1.72. The van der Waals surface area contributed by atoms with Crippen LogP contribution < -0.4 is 0 Å². The minimum Gasteiger partial charge on any atom is -0.299 e. The van der Waals surface area contributed by atoms with Gasteiger partial charge in [-0.25, -0.2) is 0 Å². The van der Waals surface area contributed by atoms with Crippen LogP contribution in [0.3, 0.4) is 0 Å². The maximum atomic E-state index is 12.7. The lowest BCUT2D eigenvalue weighted by Gasteiger charge is -2.54. The van der Waals surface area contributed by atoms with E-state index in [1.807, 2.05) is 0 Å². The van der Waals surface area contributed by atoms with Crippen molar-refractivity contribution in [3.8, 4) is 0 Å². The molecule has 0 heterocycles. The summed E-state index contributed by atoms with van der Waals surface area (Å²) in [6.07, 6.45) is 7.64. The van der Waals surface area contributed by atoms with Gasteiger partial charge in [-0.3, -0.25) is 9.59 Å². The fraction of sp³-hybridized carbons (Fsp3) is 0.789. The maximum Gasteiger partial charge on any atom is 0.169 e. The first-order valence-electron chi connectivity index (χ1n) is 8.62. The molecule has 4 aliphatic carbocycles. The summed E-state index contributed by atoms with van der Waals surface area (Å²) in [5.41, 5.74) is 1.14. The highest BCUT2D eigenvalue weighted by molar-refractivity contribution is 6.12. The van der Waals surface area contributed by atoms with Gasteiger partial charge in [0.2, 0.25) is 0 Å². The summed E-state index contributed by atoms with van der Waals surface area (Å²) in [7, 11) is 0. The van der Waals surface area contributed by atoms with E-state index >= 15 is 0 Å². The molecule has 0 bridgehead atoms. The van der Waals surface area contributed by atoms with Crippen molar-refractivity contribution in [1.29, 1.82) is 0 Å². The van der Waals surface area contributed by atoms with Crippen molar-refractivity contribution in [2.45, 2.75) is 58.8 Å². The van der Waals surface area contributed by atoms with Crippen LogP contribution in [-0.2, 0) is 9.59 Å². The second-order valence-electron chi connectivity index (χ2n) is 8.79. The number of allylic oxidation sites excluding steroid dienone is 1. The summed E-state index contributed by atoms with van der Waals surface area (Å²) in [5.74, 6) is 1.39. The molecule has 0 aliphatic heterocycles. The Bertz CT molecular complexity index is 538. The predicted octanol–water partition coefficient (Wildman–Crippen LogP) is 3.94. The third-order valence-electron chi connectivity index (χ3n) is 7.33. The first-order valence-corrected chi connectivity index (χ1v) is 8.62. The molecule has 1 spiro atoms. The quantitative estimate of drug-likeness (QED) is 0.499. The number of carbonyl (C=O) groups excluding carboxylic acids is 2. The number of ketones is 2. The zero-order valence-electron chi connectivity index (χ0n) is 13.3. The van der Waals surface area contributed by atoms with E-state index in [0.717, 1.165) is 24.8 Å². The molecule has 4 rings (SSSR count). The minimum atomic E-state index is -0.334. The molecule has 4 aliphatic rings. The highest BCUT2D eigenvalue weighted by Gasteiger charge is 2.61. The number of fused-ring (bicyclic) bond motifs is 3.